The van der Waals surface area contributed by atoms with Crippen LogP contribution in [0, 0.1) is 28.8 Å². The number of benzene rings is 2. The van der Waals surface area contributed by atoms with Gasteiger partial charge in [-0.05, 0) is 29.8 Å². The first-order valence-electron chi connectivity index (χ1n) is 5.47. The van der Waals surface area contributed by atoms with Crippen LogP contribution in [-0.4, -0.2) is 0 Å². The zero-order chi connectivity index (χ0) is 13.8. The quantitative estimate of drug-likeness (QED) is 0.917. The second-order valence-electron chi connectivity index (χ2n) is 3.91. The lowest BCUT2D eigenvalue weighted by molar-refractivity contribution is 0.587. The van der Waals surface area contributed by atoms with E-state index < -0.39 is 17.5 Å². The van der Waals surface area contributed by atoms with Gasteiger partial charge in [0.1, 0.15) is 11.5 Å². The van der Waals surface area contributed by atoms with Crippen LogP contribution >= 0.6 is 0 Å². The van der Waals surface area contributed by atoms with E-state index in [2.05, 4.69) is 5.32 Å². The summed E-state index contributed by atoms with van der Waals surface area (Å²) in [6.07, 6.45) is 0. The number of anilines is 1. The monoisotopic (exact) mass is 262 g/mol. The van der Waals surface area contributed by atoms with Crippen LogP contribution in [0.1, 0.15) is 11.1 Å². The molecule has 0 radical (unpaired) electrons. The molecule has 0 amide bonds. The predicted molar refractivity (Wildman–Crippen MR) is 64.8 cm³/mol. The molecule has 0 saturated heterocycles. The van der Waals surface area contributed by atoms with Crippen molar-refractivity contribution < 1.29 is 13.2 Å². The van der Waals surface area contributed by atoms with Crippen LogP contribution in [0.25, 0.3) is 0 Å². The van der Waals surface area contributed by atoms with Crippen molar-refractivity contribution in [1.29, 1.82) is 5.26 Å². The van der Waals surface area contributed by atoms with Crippen molar-refractivity contribution >= 4 is 5.69 Å². The predicted octanol–water partition coefficient (Wildman–Crippen LogP) is 3.59. The topological polar surface area (TPSA) is 35.8 Å². The van der Waals surface area contributed by atoms with E-state index in [4.69, 9.17) is 5.26 Å². The maximum absolute atomic E-state index is 13.6. The Kier molecular flexibility index (Phi) is 3.71. The van der Waals surface area contributed by atoms with Gasteiger partial charge in [-0.2, -0.15) is 5.26 Å². The summed E-state index contributed by atoms with van der Waals surface area (Å²) < 4.78 is 40.0. The van der Waals surface area contributed by atoms with Gasteiger partial charge in [0, 0.05) is 6.54 Å². The van der Waals surface area contributed by atoms with E-state index in [1.807, 2.05) is 0 Å². The molecule has 0 unspecified atom stereocenters. The molecule has 2 rings (SSSR count). The fourth-order valence-electron chi connectivity index (χ4n) is 1.64. The molecule has 0 aromatic heterocycles. The third kappa shape index (κ3) is 3.05. The van der Waals surface area contributed by atoms with Gasteiger partial charge in [0.15, 0.2) is 11.6 Å². The number of rotatable bonds is 3. The summed E-state index contributed by atoms with van der Waals surface area (Å²) in [4.78, 5) is 0. The first-order chi connectivity index (χ1) is 9.10. The Morgan fingerprint density at radius 3 is 2.32 bits per heavy atom. The number of hydrogen-bond acceptors (Lipinski definition) is 2. The minimum atomic E-state index is -0.854. The van der Waals surface area contributed by atoms with Gasteiger partial charge >= 0.3 is 0 Å². The summed E-state index contributed by atoms with van der Waals surface area (Å²) in [6.45, 7) is 0.0809. The third-order valence-electron chi connectivity index (χ3n) is 2.53. The highest BCUT2D eigenvalue weighted by Gasteiger charge is 2.10. The van der Waals surface area contributed by atoms with E-state index in [9.17, 15) is 13.2 Å². The van der Waals surface area contributed by atoms with Crippen LogP contribution in [0.4, 0.5) is 18.9 Å². The summed E-state index contributed by atoms with van der Waals surface area (Å²) in [5.41, 5.74) is 0.137. The first kappa shape index (κ1) is 13.0. The molecule has 0 bridgehead atoms. The van der Waals surface area contributed by atoms with Crippen molar-refractivity contribution in [3.8, 4) is 6.07 Å². The minimum Gasteiger partial charge on any atom is -0.376 e. The highest BCUT2D eigenvalue weighted by Crippen LogP contribution is 2.21. The third-order valence-corrected chi connectivity index (χ3v) is 2.53. The Morgan fingerprint density at radius 2 is 1.74 bits per heavy atom. The zero-order valence-corrected chi connectivity index (χ0v) is 9.75. The standard InChI is InChI=1S/C14H9F3N2/c15-11-3-1-2-9(4-11)8-19-14-12(16)5-10(7-18)6-13(14)17/h1-6,19H,8H2. The van der Waals surface area contributed by atoms with Gasteiger partial charge in [-0.1, -0.05) is 12.1 Å². The maximum atomic E-state index is 13.6. The molecule has 5 heteroatoms. The van der Waals surface area contributed by atoms with Crippen LogP contribution < -0.4 is 5.32 Å². The fraction of sp³-hybridized carbons (Fsp3) is 0.0714. The molecule has 2 aromatic carbocycles. The van der Waals surface area contributed by atoms with Crippen LogP contribution in [0.5, 0.6) is 0 Å². The number of nitrogens with zero attached hydrogens (tertiary/aromatic N) is 1. The summed E-state index contributed by atoms with van der Waals surface area (Å²) >= 11 is 0. The number of nitriles is 1. The second-order valence-corrected chi connectivity index (χ2v) is 3.91. The van der Waals surface area contributed by atoms with E-state index in [0.29, 0.717) is 5.56 Å². The summed E-state index contributed by atoms with van der Waals surface area (Å²) in [5, 5.41) is 11.1. The van der Waals surface area contributed by atoms with Gasteiger partial charge in [0.2, 0.25) is 0 Å². The minimum absolute atomic E-state index is 0.0809. The first-order valence-corrected chi connectivity index (χ1v) is 5.47. The van der Waals surface area contributed by atoms with Crippen molar-refractivity contribution in [3.05, 3.63) is 65.0 Å². The van der Waals surface area contributed by atoms with E-state index in [-0.39, 0.29) is 17.8 Å². The molecule has 0 heterocycles. The van der Waals surface area contributed by atoms with Crippen LogP contribution in [0.2, 0.25) is 0 Å². The van der Waals surface area contributed by atoms with Gasteiger partial charge in [0.05, 0.1) is 11.6 Å². The maximum Gasteiger partial charge on any atom is 0.150 e. The Morgan fingerprint density at radius 1 is 1.05 bits per heavy atom. The lowest BCUT2D eigenvalue weighted by Gasteiger charge is -2.09. The van der Waals surface area contributed by atoms with Gasteiger partial charge in [-0.15, -0.1) is 0 Å². The fourth-order valence-corrected chi connectivity index (χ4v) is 1.64. The molecule has 0 aliphatic carbocycles. The Balaban J connectivity index is 2.18. The van der Waals surface area contributed by atoms with Gasteiger partial charge < -0.3 is 5.32 Å². The normalized spacial score (nSPS) is 10.0. The SMILES string of the molecule is N#Cc1cc(F)c(NCc2cccc(F)c2)c(F)c1. The van der Waals surface area contributed by atoms with E-state index in [0.717, 1.165) is 12.1 Å². The van der Waals surface area contributed by atoms with Gasteiger partial charge in [0.25, 0.3) is 0 Å². The zero-order valence-electron chi connectivity index (χ0n) is 9.75. The molecule has 2 aromatic rings. The van der Waals surface area contributed by atoms with Crippen LogP contribution in [-0.2, 0) is 6.54 Å². The van der Waals surface area contributed by atoms with Crippen molar-refractivity contribution in [2.24, 2.45) is 0 Å². The number of halogens is 3. The number of hydrogen-bond donors (Lipinski definition) is 1. The molecule has 0 aliphatic heterocycles. The lowest BCUT2D eigenvalue weighted by atomic mass is 10.2. The average molecular weight is 262 g/mol. The van der Waals surface area contributed by atoms with Gasteiger partial charge in [-0.25, -0.2) is 13.2 Å². The molecule has 0 spiro atoms. The average Bonchev–Trinajstić information content (AvgIpc) is 2.37. The molecule has 0 fully saturated rings. The van der Waals surface area contributed by atoms with Crippen LogP contribution in [0.15, 0.2) is 36.4 Å². The molecule has 19 heavy (non-hydrogen) atoms. The molecular formula is C14H9F3N2. The van der Waals surface area contributed by atoms with Crippen LogP contribution in [0.3, 0.4) is 0 Å². The molecule has 0 aliphatic rings. The van der Waals surface area contributed by atoms with E-state index in [1.54, 1.807) is 12.1 Å². The molecule has 96 valence electrons. The van der Waals surface area contributed by atoms with Crippen molar-refractivity contribution in [2.45, 2.75) is 6.54 Å². The molecule has 2 nitrogen and oxygen atoms in total. The summed E-state index contributed by atoms with van der Waals surface area (Å²) in [7, 11) is 0. The summed E-state index contributed by atoms with van der Waals surface area (Å²) in [5.74, 6) is -2.12. The van der Waals surface area contributed by atoms with Crippen molar-refractivity contribution in [2.75, 3.05) is 5.32 Å². The molecule has 1 N–H and O–H groups in total. The molecule has 0 saturated carbocycles. The highest BCUT2D eigenvalue weighted by atomic mass is 19.1. The second kappa shape index (κ2) is 5.44. The Bertz CT molecular complexity index is 624. The van der Waals surface area contributed by atoms with Gasteiger partial charge in [-0.3, -0.25) is 0 Å². The molecule has 0 atom stereocenters. The van der Waals surface area contributed by atoms with E-state index in [1.165, 1.54) is 18.2 Å². The molecular weight excluding hydrogens is 253 g/mol. The lowest BCUT2D eigenvalue weighted by Crippen LogP contribution is -2.04. The van der Waals surface area contributed by atoms with Crippen molar-refractivity contribution in [1.82, 2.24) is 0 Å². The highest BCUT2D eigenvalue weighted by molar-refractivity contribution is 5.50. The largest absolute Gasteiger partial charge is 0.376 e. The van der Waals surface area contributed by atoms with E-state index >= 15 is 0 Å². The smallest absolute Gasteiger partial charge is 0.150 e. The number of nitrogens with one attached hydrogen (secondary N) is 1. The Labute approximate surface area is 108 Å². The van der Waals surface area contributed by atoms with Crippen molar-refractivity contribution in [3.63, 3.8) is 0 Å². The summed E-state index contributed by atoms with van der Waals surface area (Å²) in [6, 6.07) is 9.24. The Hall–Kier alpha value is -2.48.